The molecule has 0 bridgehead atoms. The Morgan fingerprint density at radius 2 is 2.00 bits per heavy atom. The number of rotatable bonds is 8. The lowest BCUT2D eigenvalue weighted by Gasteiger charge is -2.18. The number of carbonyl (C=O) groups is 1. The maximum Gasteiger partial charge on any atom is 0.254 e. The minimum absolute atomic E-state index is 0.00599. The van der Waals surface area contributed by atoms with E-state index >= 15 is 0 Å². The summed E-state index contributed by atoms with van der Waals surface area (Å²) in [6, 6.07) is 4.58. The number of anilines is 1. The molecular weight excluding hydrogens is 423 g/mol. The molecule has 1 saturated carbocycles. The molecule has 2 aliphatic rings. The Morgan fingerprint density at radius 3 is 2.67 bits per heavy atom. The summed E-state index contributed by atoms with van der Waals surface area (Å²) in [5.41, 5.74) is 4.35. The summed E-state index contributed by atoms with van der Waals surface area (Å²) in [6.45, 7) is 5.32. The molecule has 1 unspecified atom stereocenters. The van der Waals surface area contributed by atoms with Crippen molar-refractivity contribution in [2.75, 3.05) is 18.5 Å². The van der Waals surface area contributed by atoms with E-state index in [1.165, 1.54) is 6.07 Å². The van der Waals surface area contributed by atoms with E-state index in [-0.39, 0.29) is 36.9 Å². The molecule has 2 atom stereocenters. The number of nitrogens with one attached hydrogen (secondary N) is 2. The zero-order valence-electron chi connectivity index (χ0n) is 19.0. The van der Waals surface area contributed by atoms with Gasteiger partial charge in [-0.3, -0.25) is 9.79 Å². The highest BCUT2D eigenvalue weighted by Crippen LogP contribution is 2.35. The van der Waals surface area contributed by atoms with Crippen molar-refractivity contribution >= 4 is 23.5 Å². The number of carbonyl (C=O) groups excluding carboxylic acids is 1. The summed E-state index contributed by atoms with van der Waals surface area (Å²) in [4.78, 5) is 21.6. The molecule has 1 aliphatic carbocycles. The molecule has 0 saturated heterocycles. The number of pyridine rings is 1. The van der Waals surface area contributed by atoms with Crippen LogP contribution in [-0.4, -0.2) is 58.7 Å². The SMILES string of the molecule is Cc1cc(F)c(C(=O)NC2CC2)cc1-c1cnc(N[C@@H](C)CO)c(C2=C(CO)C(C)N=C2)c1. The lowest BCUT2D eigenvalue weighted by atomic mass is 9.94. The van der Waals surface area contributed by atoms with E-state index in [9.17, 15) is 19.4 Å². The van der Waals surface area contributed by atoms with Crippen LogP contribution >= 0.6 is 0 Å². The monoisotopic (exact) mass is 452 g/mol. The fourth-order valence-electron chi connectivity index (χ4n) is 3.90. The van der Waals surface area contributed by atoms with Gasteiger partial charge in [-0.15, -0.1) is 0 Å². The van der Waals surface area contributed by atoms with Crippen LogP contribution < -0.4 is 10.6 Å². The number of aromatic nitrogens is 1. The molecule has 1 aromatic heterocycles. The van der Waals surface area contributed by atoms with Crippen LogP contribution in [0.25, 0.3) is 16.7 Å². The number of aryl methyl sites for hydroxylation is 1. The topological polar surface area (TPSA) is 107 Å². The first kappa shape index (κ1) is 23.1. The molecule has 2 heterocycles. The molecule has 174 valence electrons. The second-order valence-corrected chi connectivity index (χ2v) is 8.79. The van der Waals surface area contributed by atoms with Crippen molar-refractivity contribution < 1.29 is 19.4 Å². The normalized spacial score (nSPS) is 18.5. The molecule has 1 amide bonds. The van der Waals surface area contributed by atoms with E-state index in [1.807, 2.05) is 19.9 Å². The summed E-state index contributed by atoms with van der Waals surface area (Å²) in [5, 5.41) is 25.4. The number of hydrogen-bond acceptors (Lipinski definition) is 6. The number of benzene rings is 1. The minimum atomic E-state index is -0.556. The Labute approximate surface area is 192 Å². The van der Waals surface area contributed by atoms with Gasteiger partial charge in [0.15, 0.2) is 0 Å². The molecule has 1 aromatic carbocycles. The third-order valence-corrected chi connectivity index (χ3v) is 6.06. The average molecular weight is 453 g/mol. The zero-order chi connectivity index (χ0) is 23.7. The predicted octanol–water partition coefficient (Wildman–Crippen LogP) is 3.10. The fraction of sp³-hybridized carbons (Fsp3) is 0.400. The molecule has 1 aliphatic heterocycles. The van der Waals surface area contributed by atoms with E-state index in [4.69, 9.17) is 0 Å². The van der Waals surface area contributed by atoms with Crippen molar-refractivity contribution in [3.63, 3.8) is 0 Å². The number of aliphatic imine (C=N–C) groups is 1. The first-order chi connectivity index (χ1) is 15.8. The quantitative estimate of drug-likeness (QED) is 0.492. The molecule has 7 nitrogen and oxygen atoms in total. The Bertz CT molecular complexity index is 1140. The van der Waals surface area contributed by atoms with Gasteiger partial charge < -0.3 is 20.8 Å². The standard InChI is InChI=1S/C25H29FN4O3/c1-13-6-23(26)20(25(33)30-17-4-5-17)8-18(13)16-7-19(21-10-27-15(3)22(21)12-32)24(28-9-16)29-14(2)11-31/h6-10,14-15,17,31-32H,4-5,11-12H2,1-3H3,(H,28,29)(H,30,33)/t14-,15?/m0/s1. The Kier molecular flexibility index (Phi) is 6.58. The average Bonchev–Trinajstić information content (AvgIpc) is 3.53. The van der Waals surface area contributed by atoms with Gasteiger partial charge >= 0.3 is 0 Å². The van der Waals surface area contributed by atoms with Gasteiger partial charge in [0.05, 0.1) is 24.8 Å². The molecule has 1 fully saturated rings. The Balaban J connectivity index is 1.81. The summed E-state index contributed by atoms with van der Waals surface area (Å²) in [7, 11) is 0. The van der Waals surface area contributed by atoms with Gasteiger partial charge in [0, 0.05) is 41.2 Å². The minimum Gasteiger partial charge on any atom is -0.394 e. The van der Waals surface area contributed by atoms with Crippen LogP contribution in [0.3, 0.4) is 0 Å². The Morgan fingerprint density at radius 1 is 1.24 bits per heavy atom. The second kappa shape index (κ2) is 9.41. The molecule has 33 heavy (non-hydrogen) atoms. The van der Waals surface area contributed by atoms with E-state index in [0.29, 0.717) is 22.5 Å². The van der Waals surface area contributed by atoms with Crippen molar-refractivity contribution in [1.82, 2.24) is 10.3 Å². The zero-order valence-corrected chi connectivity index (χ0v) is 19.0. The molecular formula is C25H29FN4O3. The fourth-order valence-corrected chi connectivity index (χ4v) is 3.90. The predicted molar refractivity (Wildman–Crippen MR) is 127 cm³/mol. The van der Waals surface area contributed by atoms with Gasteiger partial charge in [-0.1, -0.05) is 0 Å². The molecule has 8 heteroatoms. The van der Waals surface area contributed by atoms with Gasteiger partial charge in [0.1, 0.15) is 11.6 Å². The van der Waals surface area contributed by atoms with E-state index < -0.39 is 11.7 Å². The molecule has 0 spiro atoms. The number of amides is 1. The van der Waals surface area contributed by atoms with Crippen LogP contribution in [0, 0.1) is 12.7 Å². The first-order valence-corrected chi connectivity index (χ1v) is 11.2. The Hall–Kier alpha value is -3.10. The third kappa shape index (κ3) is 4.82. The molecule has 4 N–H and O–H groups in total. The molecule has 4 rings (SSSR count). The summed E-state index contributed by atoms with van der Waals surface area (Å²) >= 11 is 0. The number of aliphatic hydroxyl groups excluding tert-OH is 2. The van der Waals surface area contributed by atoms with Crippen molar-refractivity contribution in [1.29, 1.82) is 0 Å². The van der Waals surface area contributed by atoms with Crippen LogP contribution in [0.2, 0.25) is 0 Å². The highest BCUT2D eigenvalue weighted by atomic mass is 19.1. The van der Waals surface area contributed by atoms with E-state index in [2.05, 4.69) is 20.6 Å². The number of allylic oxidation sites excluding steroid dienone is 1. The van der Waals surface area contributed by atoms with Crippen molar-refractivity contribution in [3.05, 3.63) is 52.5 Å². The highest BCUT2D eigenvalue weighted by molar-refractivity contribution is 6.15. The van der Waals surface area contributed by atoms with Crippen molar-refractivity contribution in [2.45, 2.75) is 51.7 Å². The van der Waals surface area contributed by atoms with Gasteiger partial charge in [0.25, 0.3) is 5.91 Å². The van der Waals surface area contributed by atoms with Crippen LogP contribution in [0.15, 0.2) is 35.0 Å². The number of aliphatic hydroxyl groups is 2. The van der Waals surface area contributed by atoms with Gasteiger partial charge in [-0.05, 0) is 68.5 Å². The highest BCUT2D eigenvalue weighted by Gasteiger charge is 2.26. The lowest BCUT2D eigenvalue weighted by Crippen LogP contribution is -2.26. The van der Waals surface area contributed by atoms with Crippen LogP contribution in [0.4, 0.5) is 10.2 Å². The maximum atomic E-state index is 14.6. The van der Waals surface area contributed by atoms with E-state index in [0.717, 1.165) is 29.6 Å². The smallest absolute Gasteiger partial charge is 0.254 e. The van der Waals surface area contributed by atoms with Crippen molar-refractivity contribution in [2.24, 2.45) is 4.99 Å². The summed E-state index contributed by atoms with van der Waals surface area (Å²) < 4.78 is 14.6. The van der Waals surface area contributed by atoms with Gasteiger partial charge in [-0.2, -0.15) is 0 Å². The van der Waals surface area contributed by atoms with Gasteiger partial charge in [-0.25, -0.2) is 9.37 Å². The maximum absolute atomic E-state index is 14.6. The van der Waals surface area contributed by atoms with Crippen LogP contribution in [0.5, 0.6) is 0 Å². The number of hydrogen-bond donors (Lipinski definition) is 4. The largest absolute Gasteiger partial charge is 0.394 e. The number of halogens is 1. The second-order valence-electron chi connectivity index (χ2n) is 8.79. The molecule has 0 radical (unpaired) electrons. The molecule has 2 aromatic rings. The van der Waals surface area contributed by atoms with Crippen LogP contribution in [0.1, 0.15) is 48.2 Å². The summed E-state index contributed by atoms with van der Waals surface area (Å²) in [5.74, 6) is -0.422. The first-order valence-electron chi connectivity index (χ1n) is 11.2. The van der Waals surface area contributed by atoms with E-state index in [1.54, 1.807) is 25.4 Å². The lowest BCUT2D eigenvalue weighted by molar-refractivity contribution is 0.0947. The van der Waals surface area contributed by atoms with Crippen LogP contribution in [-0.2, 0) is 0 Å². The summed E-state index contributed by atoms with van der Waals surface area (Å²) in [6.07, 6.45) is 5.22. The third-order valence-electron chi connectivity index (χ3n) is 6.06. The van der Waals surface area contributed by atoms with Gasteiger partial charge in [0.2, 0.25) is 0 Å². The van der Waals surface area contributed by atoms with Crippen molar-refractivity contribution in [3.8, 4) is 11.1 Å². The number of nitrogens with zero attached hydrogens (tertiary/aromatic N) is 2.